The molecule has 0 bridgehead atoms. The molecule has 0 aliphatic rings. The summed E-state index contributed by atoms with van der Waals surface area (Å²) in [6.45, 7) is 2.83. The largest absolute Gasteiger partial charge is 0.493 e. The molecule has 0 aromatic heterocycles. The fraction of sp³-hybridized carbons (Fsp3) is 0.294. The fourth-order valence-electron chi connectivity index (χ4n) is 1.96. The van der Waals surface area contributed by atoms with Crippen molar-refractivity contribution in [1.82, 2.24) is 0 Å². The molecular weight excluding hydrogens is 346 g/mol. The van der Waals surface area contributed by atoms with Gasteiger partial charge in [-0.3, -0.25) is 0 Å². The monoisotopic (exact) mass is 365 g/mol. The van der Waals surface area contributed by atoms with E-state index in [2.05, 4.69) is 41.1 Å². The van der Waals surface area contributed by atoms with Crippen molar-refractivity contribution in [2.45, 2.75) is 24.3 Å². The van der Waals surface area contributed by atoms with E-state index in [9.17, 15) is 0 Å². The lowest BCUT2D eigenvalue weighted by molar-refractivity contribution is 0.313. The molecule has 2 N–H and O–H groups in total. The van der Waals surface area contributed by atoms with Crippen LogP contribution in [0.15, 0.2) is 57.9 Å². The highest BCUT2D eigenvalue weighted by molar-refractivity contribution is 9.10. The minimum absolute atomic E-state index is 0.0398. The summed E-state index contributed by atoms with van der Waals surface area (Å²) in [4.78, 5) is 1.21. The minimum atomic E-state index is -0.0398. The van der Waals surface area contributed by atoms with Gasteiger partial charge in [-0.25, -0.2) is 0 Å². The van der Waals surface area contributed by atoms with Crippen LogP contribution in [0.4, 0.5) is 0 Å². The minimum Gasteiger partial charge on any atom is -0.493 e. The van der Waals surface area contributed by atoms with E-state index >= 15 is 0 Å². The molecule has 21 heavy (non-hydrogen) atoms. The van der Waals surface area contributed by atoms with E-state index < -0.39 is 0 Å². The second-order valence-electron chi connectivity index (χ2n) is 4.76. The van der Waals surface area contributed by atoms with Crippen LogP contribution in [0.2, 0.25) is 0 Å². The van der Waals surface area contributed by atoms with Crippen LogP contribution in [0.25, 0.3) is 0 Å². The summed E-state index contributed by atoms with van der Waals surface area (Å²) < 4.78 is 6.87. The molecule has 1 atom stereocenters. The van der Waals surface area contributed by atoms with Gasteiger partial charge in [0, 0.05) is 26.7 Å². The van der Waals surface area contributed by atoms with Crippen molar-refractivity contribution >= 4 is 27.7 Å². The second-order valence-corrected chi connectivity index (χ2v) is 6.77. The van der Waals surface area contributed by atoms with Gasteiger partial charge in [-0.2, -0.15) is 0 Å². The van der Waals surface area contributed by atoms with Gasteiger partial charge in [0.15, 0.2) is 0 Å². The maximum Gasteiger partial charge on any atom is 0.124 e. The molecule has 0 amide bonds. The SMILES string of the molecule is CCCOc1ccccc1C(N)CSc1cccc(Br)c1. The third-order valence-electron chi connectivity index (χ3n) is 3.01. The van der Waals surface area contributed by atoms with Crippen molar-refractivity contribution < 1.29 is 4.74 Å². The smallest absolute Gasteiger partial charge is 0.124 e. The Morgan fingerprint density at radius 1 is 1.19 bits per heavy atom. The number of hydrogen-bond acceptors (Lipinski definition) is 3. The van der Waals surface area contributed by atoms with E-state index in [0.29, 0.717) is 0 Å². The number of para-hydroxylation sites is 1. The molecule has 0 aliphatic carbocycles. The number of ether oxygens (including phenoxy) is 1. The summed E-state index contributed by atoms with van der Waals surface area (Å²) in [7, 11) is 0. The Balaban J connectivity index is 2.01. The Morgan fingerprint density at radius 3 is 2.76 bits per heavy atom. The summed E-state index contributed by atoms with van der Waals surface area (Å²) in [5, 5.41) is 0. The van der Waals surface area contributed by atoms with E-state index in [4.69, 9.17) is 10.5 Å². The molecule has 2 rings (SSSR count). The molecule has 0 fully saturated rings. The number of thioether (sulfide) groups is 1. The van der Waals surface area contributed by atoms with E-state index in [1.165, 1.54) is 4.90 Å². The lowest BCUT2D eigenvalue weighted by atomic mass is 10.1. The fourth-order valence-corrected chi connectivity index (χ4v) is 3.45. The van der Waals surface area contributed by atoms with Crippen molar-refractivity contribution in [3.8, 4) is 5.75 Å². The molecule has 112 valence electrons. The zero-order chi connectivity index (χ0) is 15.1. The normalized spacial score (nSPS) is 12.1. The van der Waals surface area contributed by atoms with Gasteiger partial charge in [-0.05, 0) is 30.7 Å². The van der Waals surface area contributed by atoms with Crippen molar-refractivity contribution in [1.29, 1.82) is 0 Å². The standard InChI is InChI=1S/C17H20BrNOS/c1-2-10-20-17-9-4-3-8-15(17)16(19)12-21-14-7-5-6-13(18)11-14/h3-9,11,16H,2,10,12,19H2,1H3. The van der Waals surface area contributed by atoms with Gasteiger partial charge in [-0.15, -0.1) is 11.8 Å². The zero-order valence-electron chi connectivity index (χ0n) is 12.1. The van der Waals surface area contributed by atoms with E-state index in [-0.39, 0.29) is 6.04 Å². The quantitative estimate of drug-likeness (QED) is 0.698. The van der Waals surface area contributed by atoms with Gasteiger partial charge >= 0.3 is 0 Å². The first-order valence-corrected chi connectivity index (χ1v) is 8.84. The van der Waals surface area contributed by atoms with Crippen LogP contribution in [0.5, 0.6) is 5.75 Å². The molecule has 0 radical (unpaired) electrons. The number of benzene rings is 2. The number of rotatable bonds is 7. The van der Waals surface area contributed by atoms with Crippen LogP contribution in [-0.4, -0.2) is 12.4 Å². The van der Waals surface area contributed by atoms with Crippen LogP contribution in [-0.2, 0) is 0 Å². The highest BCUT2D eigenvalue weighted by atomic mass is 79.9. The van der Waals surface area contributed by atoms with E-state index in [1.807, 2.05) is 30.3 Å². The van der Waals surface area contributed by atoms with Gasteiger partial charge in [0.2, 0.25) is 0 Å². The average Bonchev–Trinajstić information content (AvgIpc) is 2.51. The first-order chi connectivity index (χ1) is 10.2. The van der Waals surface area contributed by atoms with Crippen LogP contribution in [0.3, 0.4) is 0 Å². The predicted octanol–water partition coefficient (Wildman–Crippen LogP) is 5.03. The summed E-state index contributed by atoms with van der Waals surface area (Å²) in [5.74, 6) is 1.73. The predicted molar refractivity (Wildman–Crippen MR) is 94.0 cm³/mol. The van der Waals surface area contributed by atoms with E-state index in [0.717, 1.165) is 34.6 Å². The topological polar surface area (TPSA) is 35.2 Å². The van der Waals surface area contributed by atoms with Crippen LogP contribution < -0.4 is 10.5 Å². The first kappa shape index (κ1) is 16.4. The average molecular weight is 366 g/mol. The summed E-state index contributed by atoms with van der Waals surface area (Å²) in [6.07, 6.45) is 0.996. The van der Waals surface area contributed by atoms with Crippen molar-refractivity contribution in [2.24, 2.45) is 5.73 Å². The summed E-state index contributed by atoms with van der Waals surface area (Å²) >= 11 is 5.25. The molecule has 4 heteroatoms. The summed E-state index contributed by atoms with van der Waals surface area (Å²) in [5.41, 5.74) is 7.42. The molecule has 0 spiro atoms. The lowest BCUT2D eigenvalue weighted by Crippen LogP contribution is -2.14. The Bertz CT molecular complexity index is 576. The van der Waals surface area contributed by atoms with Gasteiger partial charge in [-0.1, -0.05) is 47.1 Å². The van der Waals surface area contributed by atoms with Crippen molar-refractivity contribution in [3.05, 3.63) is 58.6 Å². The van der Waals surface area contributed by atoms with Crippen LogP contribution >= 0.6 is 27.7 Å². The highest BCUT2D eigenvalue weighted by Gasteiger charge is 2.12. The van der Waals surface area contributed by atoms with E-state index in [1.54, 1.807) is 11.8 Å². The third kappa shape index (κ3) is 5.06. The van der Waals surface area contributed by atoms with Crippen molar-refractivity contribution in [3.63, 3.8) is 0 Å². The number of halogens is 1. The first-order valence-electron chi connectivity index (χ1n) is 7.06. The second kappa shape index (κ2) is 8.47. The van der Waals surface area contributed by atoms with Gasteiger partial charge in [0.05, 0.1) is 6.61 Å². The molecule has 0 aliphatic heterocycles. The molecular formula is C17H20BrNOS. The third-order valence-corrected chi connectivity index (χ3v) is 4.61. The van der Waals surface area contributed by atoms with Crippen molar-refractivity contribution in [2.75, 3.05) is 12.4 Å². The van der Waals surface area contributed by atoms with Gasteiger partial charge < -0.3 is 10.5 Å². The van der Waals surface area contributed by atoms with Crippen LogP contribution in [0, 0.1) is 0 Å². The van der Waals surface area contributed by atoms with Gasteiger partial charge in [0.25, 0.3) is 0 Å². The Morgan fingerprint density at radius 2 is 2.00 bits per heavy atom. The lowest BCUT2D eigenvalue weighted by Gasteiger charge is -2.16. The maximum atomic E-state index is 6.34. The number of hydrogen-bond donors (Lipinski definition) is 1. The molecule has 2 nitrogen and oxygen atoms in total. The zero-order valence-corrected chi connectivity index (χ0v) is 14.5. The maximum absolute atomic E-state index is 6.34. The van der Waals surface area contributed by atoms with Crippen LogP contribution in [0.1, 0.15) is 24.9 Å². The molecule has 2 aromatic carbocycles. The summed E-state index contributed by atoms with van der Waals surface area (Å²) in [6, 6.07) is 16.3. The van der Waals surface area contributed by atoms with Gasteiger partial charge in [0.1, 0.15) is 5.75 Å². The molecule has 0 saturated carbocycles. The molecule has 1 unspecified atom stereocenters. The highest BCUT2D eigenvalue weighted by Crippen LogP contribution is 2.29. The molecule has 0 saturated heterocycles. The Labute approximate surface area is 139 Å². The molecule has 0 heterocycles. The number of nitrogens with two attached hydrogens (primary N) is 1. The molecule has 2 aromatic rings. The Kier molecular flexibility index (Phi) is 6.61. The Hall–Kier alpha value is -0.970.